The van der Waals surface area contributed by atoms with Crippen molar-refractivity contribution in [1.29, 1.82) is 0 Å². The summed E-state index contributed by atoms with van der Waals surface area (Å²) in [4.78, 5) is 49.7. The van der Waals surface area contributed by atoms with E-state index >= 15 is 0 Å². The second-order valence-electron chi connectivity index (χ2n) is 7.62. The monoisotopic (exact) mass is 398 g/mol. The predicted molar refractivity (Wildman–Crippen MR) is 103 cm³/mol. The third-order valence-electron chi connectivity index (χ3n) is 5.41. The van der Waals surface area contributed by atoms with Gasteiger partial charge in [-0.05, 0) is 32.6 Å². The molecule has 0 radical (unpaired) electrons. The number of carbonyl (C=O) groups is 4. The van der Waals surface area contributed by atoms with Gasteiger partial charge in [-0.25, -0.2) is 4.79 Å². The Morgan fingerprint density at radius 1 is 1.07 bits per heavy atom. The molecule has 2 fully saturated rings. The SMILES string of the molecule is CC(CSC(=O)C(C)NC(=O)C1CCCCC1)C(=O)N1CCC[C@H]1C(=O)O. The number of nitrogens with zero attached hydrogens (tertiary/aromatic N) is 1. The summed E-state index contributed by atoms with van der Waals surface area (Å²) in [7, 11) is 0. The summed E-state index contributed by atoms with van der Waals surface area (Å²) in [6.07, 6.45) is 6.21. The number of carboxylic acids is 1. The van der Waals surface area contributed by atoms with E-state index in [1.54, 1.807) is 13.8 Å². The van der Waals surface area contributed by atoms with Crippen molar-refractivity contribution >= 4 is 34.7 Å². The molecule has 0 spiro atoms. The van der Waals surface area contributed by atoms with E-state index in [9.17, 15) is 24.3 Å². The molecule has 1 aliphatic carbocycles. The zero-order valence-electron chi connectivity index (χ0n) is 16.1. The molecule has 2 unspecified atom stereocenters. The fourth-order valence-electron chi connectivity index (χ4n) is 3.73. The molecule has 3 atom stereocenters. The molecule has 2 N–H and O–H groups in total. The van der Waals surface area contributed by atoms with Crippen molar-refractivity contribution in [1.82, 2.24) is 10.2 Å². The van der Waals surface area contributed by atoms with Gasteiger partial charge < -0.3 is 15.3 Å². The van der Waals surface area contributed by atoms with Gasteiger partial charge >= 0.3 is 5.97 Å². The van der Waals surface area contributed by atoms with E-state index in [1.807, 2.05) is 0 Å². The van der Waals surface area contributed by atoms with E-state index < -0.39 is 24.0 Å². The number of hydrogen-bond donors (Lipinski definition) is 2. The zero-order chi connectivity index (χ0) is 20.0. The molecule has 27 heavy (non-hydrogen) atoms. The minimum atomic E-state index is -0.976. The van der Waals surface area contributed by atoms with E-state index in [-0.39, 0.29) is 28.6 Å². The van der Waals surface area contributed by atoms with Crippen LogP contribution in [0.1, 0.15) is 58.8 Å². The van der Waals surface area contributed by atoms with Gasteiger partial charge in [-0.1, -0.05) is 37.9 Å². The molecular weight excluding hydrogens is 368 g/mol. The van der Waals surface area contributed by atoms with Crippen LogP contribution in [-0.4, -0.2) is 57.3 Å². The van der Waals surface area contributed by atoms with E-state index in [0.717, 1.165) is 37.4 Å². The summed E-state index contributed by atoms with van der Waals surface area (Å²) in [6.45, 7) is 3.83. The van der Waals surface area contributed by atoms with Crippen molar-refractivity contribution in [2.75, 3.05) is 12.3 Å². The highest BCUT2D eigenvalue weighted by Crippen LogP contribution is 2.24. The van der Waals surface area contributed by atoms with Crippen LogP contribution >= 0.6 is 11.8 Å². The molecule has 7 nitrogen and oxygen atoms in total. The van der Waals surface area contributed by atoms with Gasteiger partial charge in [0, 0.05) is 24.1 Å². The molecule has 2 amide bonds. The maximum atomic E-state index is 12.5. The van der Waals surface area contributed by atoms with E-state index in [4.69, 9.17) is 0 Å². The van der Waals surface area contributed by atoms with Crippen molar-refractivity contribution in [3.05, 3.63) is 0 Å². The van der Waals surface area contributed by atoms with Gasteiger partial charge in [0.2, 0.25) is 16.9 Å². The van der Waals surface area contributed by atoms with Crippen molar-refractivity contribution in [2.45, 2.75) is 70.9 Å². The minimum Gasteiger partial charge on any atom is -0.480 e. The average molecular weight is 399 g/mol. The van der Waals surface area contributed by atoms with Crippen molar-refractivity contribution in [3.63, 3.8) is 0 Å². The molecule has 2 rings (SSSR count). The normalized spacial score (nSPS) is 22.9. The van der Waals surface area contributed by atoms with Gasteiger partial charge in [-0.2, -0.15) is 0 Å². The number of amides is 2. The lowest BCUT2D eigenvalue weighted by molar-refractivity contribution is -0.149. The van der Waals surface area contributed by atoms with Crippen LogP contribution in [0.15, 0.2) is 0 Å². The first kappa shape index (κ1) is 21.7. The molecule has 0 aromatic carbocycles. The second-order valence-corrected chi connectivity index (χ2v) is 8.65. The minimum absolute atomic E-state index is 0.00243. The number of nitrogens with one attached hydrogen (secondary N) is 1. The lowest BCUT2D eigenvalue weighted by Crippen LogP contribution is -2.44. The molecule has 1 heterocycles. The Hall–Kier alpha value is -1.57. The summed E-state index contributed by atoms with van der Waals surface area (Å²) in [6, 6.07) is -1.35. The van der Waals surface area contributed by atoms with Gasteiger partial charge in [0.05, 0.1) is 6.04 Å². The molecule has 8 heteroatoms. The Balaban J connectivity index is 1.77. The molecule has 0 aromatic heterocycles. The van der Waals surface area contributed by atoms with Crippen LogP contribution in [0.2, 0.25) is 0 Å². The predicted octanol–water partition coefficient (Wildman–Crippen LogP) is 2.04. The van der Waals surface area contributed by atoms with Gasteiger partial charge in [0.15, 0.2) is 0 Å². The Labute approximate surface area is 164 Å². The van der Waals surface area contributed by atoms with Gasteiger partial charge in [-0.15, -0.1) is 0 Å². The maximum Gasteiger partial charge on any atom is 0.326 e. The van der Waals surface area contributed by atoms with Gasteiger partial charge in [-0.3, -0.25) is 14.4 Å². The van der Waals surface area contributed by atoms with Crippen molar-refractivity contribution in [2.24, 2.45) is 11.8 Å². The summed E-state index contributed by atoms with van der Waals surface area (Å²) >= 11 is 1.03. The second kappa shape index (κ2) is 10.1. The molecule has 2 aliphatic rings. The number of hydrogen-bond acceptors (Lipinski definition) is 5. The highest BCUT2D eigenvalue weighted by Gasteiger charge is 2.36. The smallest absolute Gasteiger partial charge is 0.326 e. The third kappa shape index (κ3) is 5.96. The van der Waals surface area contributed by atoms with Crippen LogP contribution in [0.25, 0.3) is 0 Å². The molecular formula is C19H30N2O5S. The number of likely N-dealkylation sites (tertiary alicyclic amines) is 1. The molecule has 0 bridgehead atoms. The fourth-order valence-corrected chi connectivity index (χ4v) is 4.59. The van der Waals surface area contributed by atoms with Gasteiger partial charge in [0.25, 0.3) is 0 Å². The van der Waals surface area contributed by atoms with Crippen LogP contribution in [0, 0.1) is 11.8 Å². The van der Waals surface area contributed by atoms with E-state index in [2.05, 4.69) is 5.32 Å². The summed E-state index contributed by atoms with van der Waals surface area (Å²) in [5.41, 5.74) is 0. The molecule has 1 aliphatic heterocycles. The highest BCUT2D eigenvalue weighted by molar-refractivity contribution is 8.13. The van der Waals surface area contributed by atoms with Crippen molar-refractivity contribution in [3.8, 4) is 0 Å². The van der Waals surface area contributed by atoms with Crippen molar-refractivity contribution < 1.29 is 24.3 Å². The summed E-state index contributed by atoms with van der Waals surface area (Å²) in [5, 5.41) is 11.8. The van der Waals surface area contributed by atoms with Crippen LogP contribution in [0.3, 0.4) is 0 Å². The lowest BCUT2D eigenvalue weighted by Gasteiger charge is -2.25. The number of carboxylic acid groups (broad SMARTS) is 1. The van der Waals surface area contributed by atoms with Crippen LogP contribution < -0.4 is 5.32 Å². The topological polar surface area (TPSA) is 104 Å². The van der Waals surface area contributed by atoms with Crippen LogP contribution in [0.5, 0.6) is 0 Å². The quantitative estimate of drug-likeness (QED) is 0.680. The first-order valence-electron chi connectivity index (χ1n) is 9.81. The summed E-state index contributed by atoms with van der Waals surface area (Å²) in [5.74, 6) is -1.41. The number of thioether (sulfide) groups is 1. The first-order valence-corrected chi connectivity index (χ1v) is 10.8. The molecule has 0 aromatic rings. The number of carbonyl (C=O) groups excluding carboxylic acids is 3. The molecule has 1 saturated carbocycles. The summed E-state index contributed by atoms with van der Waals surface area (Å²) < 4.78 is 0. The molecule has 1 saturated heterocycles. The van der Waals surface area contributed by atoms with Crippen LogP contribution in [0.4, 0.5) is 0 Å². The van der Waals surface area contributed by atoms with E-state index in [0.29, 0.717) is 19.4 Å². The molecule has 152 valence electrons. The fraction of sp³-hybridized carbons (Fsp3) is 0.789. The number of rotatable bonds is 7. The highest BCUT2D eigenvalue weighted by atomic mass is 32.2. The standard InChI is InChI=1S/C19H30N2O5S/c1-12(17(23)21-10-6-9-15(21)18(24)25)11-27-19(26)13(2)20-16(22)14-7-4-3-5-8-14/h12-15H,3-11H2,1-2H3,(H,20,22)(H,24,25)/t12?,13?,15-/m0/s1. The Morgan fingerprint density at radius 2 is 1.74 bits per heavy atom. The largest absolute Gasteiger partial charge is 0.480 e. The lowest BCUT2D eigenvalue weighted by atomic mass is 9.88. The van der Waals surface area contributed by atoms with Gasteiger partial charge in [0.1, 0.15) is 6.04 Å². The average Bonchev–Trinajstić information content (AvgIpc) is 3.15. The zero-order valence-corrected chi connectivity index (χ0v) is 16.9. The Bertz CT molecular complexity index is 576. The van der Waals surface area contributed by atoms with Crippen LogP contribution in [-0.2, 0) is 19.2 Å². The number of aliphatic carboxylic acids is 1. The Morgan fingerprint density at radius 3 is 2.37 bits per heavy atom. The van der Waals surface area contributed by atoms with E-state index in [1.165, 1.54) is 11.3 Å². The first-order chi connectivity index (χ1) is 12.8. The maximum absolute atomic E-state index is 12.5. The third-order valence-corrected chi connectivity index (χ3v) is 6.71. The Kier molecular flexibility index (Phi) is 8.13.